The van der Waals surface area contributed by atoms with Gasteiger partial charge in [-0.25, -0.2) is 9.18 Å². The van der Waals surface area contributed by atoms with E-state index in [4.69, 9.17) is 11.6 Å². The third kappa shape index (κ3) is 5.89. The molecule has 2 saturated heterocycles. The predicted octanol–water partition coefficient (Wildman–Crippen LogP) is 5.33. The van der Waals surface area contributed by atoms with Crippen LogP contribution in [0, 0.1) is 18.2 Å². The van der Waals surface area contributed by atoms with Crippen LogP contribution in [0.4, 0.5) is 22.4 Å². The number of piperazine rings is 1. The summed E-state index contributed by atoms with van der Waals surface area (Å²) >= 11 is 6.00. The van der Waals surface area contributed by atoms with E-state index in [-0.39, 0.29) is 62.1 Å². The van der Waals surface area contributed by atoms with Crippen LogP contribution in [0.5, 0.6) is 0 Å². The van der Waals surface area contributed by atoms with Crippen LogP contribution >= 0.6 is 11.6 Å². The lowest BCUT2D eigenvalue weighted by molar-refractivity contribution is -0.140. The van der Waals surface area contributed by atoms with Gasteiger partial charge < -0.3 is 24.9 Å². The van der Waals surface area contributed by atoms with E-state index in [1.807, 2.05) is 0 Å². The molecule has 3 amide bonds. The third-order valence-corrected chi connectivity index (χ3v) is 8.80. The minimum atomic E-state index is -4.62. The van der Waals surface area contributed by atoms with Crippen molar-refractivity contribution < 1.29 is 37.4 Å². The van der Waals surface area contributed by atoms with E-state index in [1.165, 1.54) is 30.1 Å². The minimum Gasteiger partial charge on any atom is -0.396 e. The van der Waals surface area contributed by atoms with Crippen molar-refractivity contribution in [1.29, 1.82) is 0 Å². The number of aliphatic hydroxyl groups excluding tert-OH is 2. The number of carbonyl (C=O) groups excluding carboxylic acids is 2. The summed E-state index contributed by atoms with van der Waals surface area (Å²) in [7, 11) is 1.49. The molecule has 41 heavy (non-hydrogen) atoms. The maximum absolute atomic E-state index is 14.1. The number of nitrogens with zero attached hydrogens (tertiary/aromatic N) is 3. The summed E-state index contributed by atoms with van der Waals surface area (Å²) in [6, 6.07) is 4.91. The minimum absolute atomic E-state index is 0.107. The fraction of sp³-hybridized carbons (Fsp3) is 0.517. The van der Waals surface area contributed by atoms with E-state index in [1.54, 1.807) is 29.7 Å². The summed E-state index contributed by atoms with van der Waals surface area (Å²) in [6.07, 6.45) is -4.06. The molecule has 7 nitrogen and oxygen atoms in total. The normalized spacial score (nSPS) is 21.2. The van der Waals surface area contributed by atoms with Gasteiger partial charge in [-0.1, -0.05) is 17.7 Å². The highest BCUT2D eigenvalue weighted by molar-refractivity contribution is 6.30. The molecular formula is C29H34ClF4N3O4. The number of fused-ring (bicyclic) bond motifs is 1. The largest absolute Gasteiger partial charge is 0.416 e. The van der Waals surface area contributed by atoms with Gasteiger partial charge in [-0.05, 0) is 80.1 Å². The number of aryl methyl sites for hydroxylation is 1. The first-order chi connectivity index (χ1) is 19.2. The van der Waals surface area contributed by atoms with Crippen molar-refractivity contribution in [2.45, 2.75) is 57.4 Å². The molecule has 2 unspecified atom stereocenters. The second kappa shape index (κ2) is 11.8. The summed E-state index contributed by atoms with van der Waals surface area (Å²) in [5.41, 5.74) is -0.518. The van der Waals surface area contributed by atoms with Crippen LogP contribution in [0.3, 0.4) is 0 Å². The lowest BCUT2D eigenvalue weighted by Gasteiger charge is -2.47. The highest BCUT2D eigenvalue weighted by Crippen LogP contribution is 2.49. The maximum Gasteiger partial charge on any atom is 0.416 e. The van der Waals surface area contributed by atoms with Crippen molar-refractivity contribution in [3.05, 3.63) is 69.5 Å². The summed E-state index contributed by atoms with van der Waals surface area (Å²) in [5, 5.41) is 19.4. The van der Waals surface area contributed by atoms with E-state index in [2.05, 4.69) is 0 Å². The van der Waals surface area contributed by atoms with Crippen LogP contribution in [-0.2, 0) is 11.0 Å². The number of urea groups is 1. The van der Waals surface area contributed by atoms with Crippen molar-refractivity contribution in [1.82, 2.24) is 14.7 Å². The Hall–Kier alpha value is -2.89. The molecule has 224 valence electrons. The first-order valence-electron chi connectivity index (χ1n) is 13.4. The van der Waals surface area contributed by atoms with Crippen LogP contribution in [0.1, 0.15) is 60.5 Å². The molecule has 3 atom stereocenters. The molecule has 2 N–H and O–H groups in total. The number of alkyl halides is 3. The number of benzene rings is 2. The molecule has 0 bridgehead atoms. The van der Waals surface area contributed by atoms with E-state index >= 15 is 0 Å². The van der Waals surface area contributed by atoms with Gasteiger partial charge in [-0.3, -0.25) is 4.79 Å². The van der Waals surface area contributed by atoms with Gasteiger partial charge in [-0.2, -0.15) is 13.2 Å². The van der Waals surface area contributed by atoms with Crippen molar-refractivity contribution in [3.8, 4) is 0 Å². The average molecular weight is 600 g/mol. The van der Waals surface area contributed by atoms with E-state index in [9.17, 15) is 37.4 Å². The lowest BCUT2D eigenvalue weighted by atomic mass is 9.77. The number of hydrogen-bond donors (Lipinski definition) is 2. The van der Waals surface area contributed by atoms with E-state index in [0.717, 1.165) is 12.1 Å². The average Bonchev–Trinajstić information content (AvgIpc) is 3.18. The molecule has 12 heteroatoms. The second-order valence-electron chi connectivity index (χ2n) is 11.0. The Morgan fingerprint density at radius 1 is 1.15 bits per heavy atom. The van der Waals surface area contributed by atoms with Crippen LogP contribution < -0.4 is 0 Å². The third-order valence-electron chi connectivity index (χ3n) is 8.59. The number of rotatable bonds is 7. The second-order valence-corrected chi connectivity index (χ2v) is 11.4. The first kappa shape index (κ1) is 31.1. The van der Waals surface area contributed by atoms with Crippen molar-refractivity contribution in [2.24, 2.45) is 5.41 Å². The SMILES string of the molecule is Cc1cc(F)ccc1C1C2CC(CCO)(CCO)C(=O)N2CCN1C(=O)N(C)[C@H](C)c1cc(Cl)cc(C(F)(F)F)c1. The molecule has 2 aliphatic heterocycles. The smallest absolute Gasteiger partial charge is 0.396 e. The molecule has 0 aromatic heterocycles. The Labute approximate surface area is 241 Å². The number of halogens is 5. The van der Waals surface area contributed by atoms with Crippen LogP contribution in [0.2, 0.25) is 5.02 Å². The van der Waals surface area contributed by atoms with Gasteiger partial charge in [0.25, 0.3) is 0 Å². The number of amides is 3. The predicted molar refractivity (Wildman–Crippen MR) is 145 cm³/mol. The van der Waals surface area contributed by atoms with Gasteiger partial charge in [0.2, 0.25) is 5.91 Å². The van der Waals surface area contributed by atoms with Gasteiger partial charge >= 0.3 is 12.2 Å². The van der Waals surface area contributed by atoms with Gasteiger partial charge in [-0.15, -0.1) is 0 Å². The molecule has 2 heterocycles. The molecule has 0 spiro atoms. The fourth-order valence-corrected chi connectivity index (χ4v) is 6.55. The van der Waals surface area contributed by atoms with E-state index in [0.29, 0.717) is 11.1 Å². The zero-order valence-corrected chi connectivity index (χ0v) is 23.8. The van der Waals surface area contributed by atoms with Crippen LogP contribution in [0.25, 0.3) is 0 Å². The molecule has 0 radical (unpaired) electrons. The number of carbonyl (C=O) groups is 2. The van der Waals surface area contributed by atoms with Crippen LogP contribution in [-0.4, -0.2) is 76.2 Å². The topological polar surface area (TPSA) is 84.3 Å². The van der Waals surface area contributed by atoms with Gasteiger partial charge in [0.05, 0.1) is 29.1 Å². The fourth-order valence-electron chi connectivity index (χ4n) is 6.31. The monoisotopic (exact) mass is 599 g/mol. The van der Waals surface area contributed by atoms with Crippen molar-refractivity contribution in [3.63, 3.8) is 0 Å². The first-order valence-corrected chi connectivity index (χ1v) is 13.8. The molecule has 2 aliphatic rings. The Balaban J connectivity index is 1.73. The van der Waals surface area contributed by atoms with Crippen LogP contribution in [0.15, 0.2) is 36.4 Å². The van der Waals surface area contributed by atoms with Crippen molar-refractivity contribution in [2.75, 3.05) is 33.4 Å². The molecule has 2 fully saturated rings. The molecule has 2 aromatic rings. The standard InChI is InChI=1S/C29H34ClF4N3O4/c1-17-12-22(31)4-5-23(17)25-24-16-28(6-10-38,7-11-39)26(40)36(24)8-9-37(25)27(41)35(3)18(2)19-13-20(29(32,33)34)15-21(30)14-19/h4-5,12-15,18,24-25,38-39H,6-11,16H2,1-3H3/t18-,24?,25?/m1/s1. The summed E-state index contributed by atoms with van der Waals surface area (Å²) < 4.78 is 54.5. The Morgan fingerprint density at radius 2 is 1.80 bits per heavy atom. The van der Waals surface area contributed by atoms with Crippen molar-refractivity contribution >= 4 is 23.5 Å². The molecule has 4 rings (SSSR count). The summed E-state index contributed by atoms with van der Waals surface area (Å²) in [5.74, 6) is -0.663. The highest BCUT2D eigenvalue weighted by Gasteiger charge is 2.56. The molecule has 2 aromatic carbocycles. The van der Waals surface area contributed by atoms with Gasteiger partial charge in [0, 0.05) is 38.4 Å². The quantitative estimate of drug-likeness (QED) is 0.422. The van der Waals surface area contributed by atoms with Gasteiger partial charge in [0.15, 0.2) is 0 Å². The summed E-state index contributed by atoms with van der Waals surface area (Å²) in [6.45, 7) is 3.12. The highest BCUT2D eigenvalue weighted by atomic mass is 35.5. The zero-order chi connectivity index (χ0) is 30.3. The Kier molecular flexibility index (Phi) is 8.92. The zero-order valence-electron chi connectivity index (χ0n) is 23.1. The lowest BCUT2D eigenvalue weighted by Crippen LogP contribution is -2.57. The number of hydrogen-bond acceptors (Lipinski definition) is 4. The molecular weight excluding hydrogens is 566 g/mol. The molecule has 0 aliphatic carbocycles. The summed E-state index contributed by atoms with van der Waals surface area (Å²) in [4.78, 5) is 32.3. The van der Waals surface area contributed by atoms with E-state index < -0.39 is 47.1 Å². The Bertz CT molecular complexity index is 1300. The number of aliphatic hydroxyl groups is 2. The van der Waals surface area contributed by atoms with Gasteiger partial charge in [0.1, 0.15) is 5.82 Å². The Morgan fingerprint density at radius 3 is 2.39 bits per heavy atom. The molecule has 0 saturated carbocycles. The maximum atomic E-state index is 14.1.